The predicted octanol–water partition coefficient (Wildman–Crippen LogP) is 1.47. The van der Waals surface area contributed by atoms with Gasteiger partial charge in [0.25, 0.3) is 5.71 Å². The molecule has 0 aromatic carbocycles. The third-order valence-electron chi connectivity index (χ3n) is 2.16. The van der Waals surface area contributed by atoms with Crippen LogP contribution in [0.25, 0.3) is 11.1 Å². The fraction of sp³-hybridized carbons (Fsp3) is 0.300. The molecule has 2 heterocycles. The summed E-state index contributed by atoms with van der Waals surface area (Å²) in [7, 11) is 0. The fourth-order valence-electron chi connectivity index (χ4n) is 1.63. The van der Waals surface area contributed by atoms with Crippen LogP contribution in [0, 0.1) is 13.8 Å². The fourth-order valence-corrected chi connectivity index (χ4v) is 1.63. The van der Waals surface area contributed by atoms with Gasteiger partial charge in [0.15, 0.2) is 0 Å². The van der Waals surface area contributed by atoms with Crippen molar-refractivity contribution in [3.05, 3.63) is 23.0 Å². The van der Waals surface area contributed by atoms with Crippen molar-refractivity contribution in [2.45, 2.75) is 20.3 Å². The molecule has 0 fully saturated rings. The molecular formula is C10H10N2O3. The molecule has 1 N–H and O–H groups in total. The van der Waals surface area contributed by atoms with Gasteiger partial charge in [-0.3, -0.25) is 4.79 Å². The molecule has 0 saturated heterocycles. The zero-order chi connectivity index (χ0) is 11.0. The molecule has 5 heteroatoms. The van der Waals surface area contributed by atoms with Gasteiger partial charge in [-0.2, -0.15) is 0 Å². The lowest BCUT2D eigenvalue weighted by Crippen LogP contribution is -2.01. The Hall–Kier alpha value is -1.91. The van der Waals surface area contributed by atoms with Gasteiger partial charge in [-0.05, 0) is 25.5 Å². The molecule has 78 valence electrons. The van der Waals surface area contributed by atoms with Gasteiger partial charge in [0.2, 0.25) is 0 Å². The number of rotatable bonds is 2. The zero-order valence-corrected chi connectivity index (χ0v) is 8.44. The summed E-state index contributed by atoms with van der Waals surface area (Å²) in [5.74, 6) is -0.926. The molecule has 2 aromatic heterocycles. The van der Waals surface area contributed by atoms with Gasteiger partial charge in [0.1, 0.15) is 5.69 Å². The Morgan fingerprint density at radius 3 is 2.93 bits per heavy atom. The Bertz CT molecular complexity index is 531. The van der Waals surface area contributed by atoms with Crippen molar-refractivity contribution < 1.29 is 14.4 Å². The van der Waals surface area contributed by atoms with Crippen LogP contribution in [-0.2, 0) is 11.2 Å². The minimum Gasteiger partial charge on any atom is -0.481 e. The second kappa shape index (κ2) is 3.34. The highest BCUT2D eigenvalue weighted by Gasteiger charge is 2.14. The SMILES string of the molecule is Cc1cc(C)c2c(CC(=O)O)noc2n1. The Balaban J connectivity index is 2.63. The first-order valence-electron chi connectivity index (χ1n) is 4.52. The van der Waals surface area contributed by atoms with Gasteiger partial charge >= 0.3 is 5.97 Å². The van der Waals surface area contributed by atoms with Crippen LogP contribution < -0.4 is 0 Å². The summed E-state index contributed by atoms with van der Waals surface area (Å²) >= 11 is 0. The number of carboxylic acid groups (broad SMARTS) is 1. The number of hydrogen-bond acceptors (Lipinski definition) is 4. The highest BCUT2D eigenvalue weighted by molar-refractivity contribution is 5.84. The molecule has 0 unspecified atom stereocenters. The molecule has 0 aliphatic rings. The molecule has 0 amide bonds. The minimum absolute atomic E-state index is 0.140. The lowest BCUT2D eigenvalue weighted by molar-refractivity contribution is -0.136. The van der Waals surface area contributed by atoms with Crippen LogP contribution in [0.5, 0.6) is 0 Å². The van der Waals surface area contributed by atoms with Crippen molar-refractivity contribution in [1.29, 1.82) is 0 Å². The van der Waals surface area contributed by atoms with Crippen molar-refractivity contribution >= 4 is 17.1 Å². The van der Waals surface area contributed by atoms with Crippen molar-refractivity contribution in [2.24, 2.45) is 0 Å². The molecular weight excluding hydrogens is 196 g/mol. The summed E-state index contributed by atoms with van der Waals surface area (Å²) in [4.78, 5) is 14.7. The van der Waals surface area contributed by atoms with Crippen LogP contribution >= 0.6 is 0 Å². The molecule has 15 heavy (non-hydrogen) atoms. The van der Waals surface area contributed by atoms with Crippen LogP contribution in [0.4, 0.5) is 0 Å². The van der Waals surface area contributed by atoms with Crippen molar-refractivity contribution in [3.8, 4) is 0 Å². The van der Waals surface area contributed by atoms with E-state index in [1.165, 1.54) is 0 Å². The van der Waals surface area contributed by atoms with E-state index in [0.29, 0.717) is 16.8 Å². The van der Waals surface area contributed by atoms with Crippen LogP contribution in [0.2, 0.25) is 0 Å². The number of carboxylic acids is 1. The Labute approximate surface area is 85.7 Å². The van der Waals surface area contributed by atoms with E-state index in [2.05, 4.69) is 10.1 Å². The predicted molar refractivity (Wildman–Crippen MR) is 52.6 cm³/mol. The molecule has 0 saturated carbocycles. The highest BCUT2D eigenvalue weighted by atomic mass is 16.5. The Morgan fingerprint density at radius 1 is 1.53 bits per heavy atom. The smallest absolute Gasteiger partial charge is 0.309 e. The third-order valence-corrected chi connectivity index (χ3v) is 2.16. The average molecular weight is 206 g/mol. The van der Waals surface area contributed by atoms with E-state index in [9.17, 15) is 4.79 Å². The normalized spacial score (nSPS) is 10.8. The van der Waals surface area contributed by atoms with Gasteiger partial charge in [0, 0.05) is 5.69 Å². The highest BCUT2D eigenvalue weighted by Crippen LogP contribution is 2.21. The van der Waals surface area contributed by atoms with E-state index < -0.39 is 5.97 Å². The van der Waals surface area contributed by atoms with Gasteiger partial charge in [-0.25, -0.2) is 4.98 Å². The lowest BCUT2D eigenvalue weighted by atomic mass is 10.1. The van der Waals surface area contributed by atoms with E-state index >= 15 is 0 Å². The molecule has 0 radical (unpaired) electrons. The number of hydrogen-bond donors (Lipinski definition) is 1. The van der Waals surface area contributed by atoms with E-state index in [-0.39, 0.29) is 6.42 Å². The summed E-state index contributed by atoms with van der Waals surface area (Å²) in [5, 5.41) is 13.1. The maximum atomic E-state index is 10.6. The first kappa shape index (κ1) is 9.64. The van der Waals surface area contributed by atoms with Crippen LogP contribution in [0.1, 0.15) is 17.0 Å². The maximum absolute atomic E-state index is 10.6. The van der Waals surface area contributed by atoms with E-state index in [1.807, 2.05) is 19.9 Å². The third kappa shape index (κ3) is 1.68. The topological polar surface area (TPSA) is 76.2 Å². The molecule has 0 spiro atoms. The first-order chi connectivity index (χ1) is 7.08. The zero-order valence-electron chi connectivity index (χ0n) is 8.44. The van der Waals surface area contributed by atoms with E-state index in [4.69, 9.17) is 9.63 Å². The second-order valence-electron chi connectivity index (χ2n) is 3.46. The van der Waals surface area contributed by atoms with Crippen LogP contribution in [0.15, 0.2) is 10.6 Å². The van der Waals surface area contributed by atoms with Gasteiger partial charge in [-0.15, -0.1) is 0 Å². The summed E-state index contributed by atoms with van der Waals surface area (Å²) in [6.45, 7) is 3.74. The largest absolute Gasteiger partial charge is 0.481 e. The molecule has 0 aliphatic carbocycles. The molecule has 5 nitrogen and oxygen atoms in total. The van der Waals surface area contributed by atoms with E-state index in [1.54, 1.807) is 0 Å². The molecule has 2 aromatic rings. The standard InChI is InChI=1S/C10H10N2O3/c1-5-3-6(2)11-10-9(5)7(12-15-10)4-8(13)14/h3H,4H2,1-2H3,(H,13,14). The average Bonchev–Trinajstić information content (AvgIpc) is 2.46. The van der Waals surface area contributed by atoms with E-state index in [0.717, 1.165) is 11.3 Å². The quantitative estimate of drug-likeness (QED) is 0.805. The summed E-state index contributed by atoms with van der Waals surface area (Å²) in [5.41, 5.74) is 2.61. The Morgan fingerprint density at radius 2 is 2.27 bits per heavy atom. The van der Waals surface area contributed by atoms with Crippen molar-refractivity contribution in [3.63, 3.8) is 0 Å². The Kier molecular flexibility index (Phi) is 2.15. The van der Waals surface area contributed by atoms with Gasteiger partial charge < -0.3 is 9.63 Å². The van der Waals surface area contributed by atoms with Gasteiger partial charge in [-0.1, -0.05) is 5.16 Å². The number of carbonyl (C=O) groups is 1. The van der Waals surface area contributed by atoms with Gasteiger partial charge in [0.05, 0.1) is 11.8 Å². The minimum atomic E-state index is -0.926. The summed E-state index contributed by atoms with van der Waals surface area (Å²) in [6.07, 6.45) is -0.140. The lowest BCUT2D eigenvalue weighted by Gasteiger charge is -1.97. The monoisotopic (exact) mass is 206 g/mol. The number of aromatic nitrogens is 2. The summed E-state index contributed by atoms with van der Waals surface area (Å²) in [6, 6.07) is 1.88. The maximum Gasteiger partial charge on any atom is 0.309 e. The van der Waals surface area contributed by atoms with Crippen molar-refractivity contribution in [2.75, 3.05) is 0 Å². The number of aliphatic carboxylic acids is 1. The number of fused-ring (bicyclic) bond motifs is 1. The number of nitrogens with zero attached hydrogens (tertiary/aromatic N) is 2. The molecule has 0 bridgehead atoms. The first-order valence-corrected chi connectivity index (χ1v) is 4.52. The van der Waals surface area contributed by atoms with Crippen LogP contribution in [0.3, 0.4) is 0 Å². The number of pyridine rings is 1. The molecule has 2 rings (SSSR count). The van der Waals surface area contributed by atoms with Crippen LogP contribution in [-0.4, -0.2) is 21.2 Å². The molecule has 0 aliphatic heterocycles. The van der Waals surface area contributed by atoms with Crippen molar-refractivity contribution in [1.82, 2.24) is 10.1 Å². The summed E-state index contributed by atoms with van der Waals surface area (Å²) < 4.78 is 4.99. The number of aryl methyl sites for hydroxylation is 2. The molecule has 0 atom stereocenters. The second-order valence-corrected chi connectivity index (χ2v) is 3.46.